The Labute approximate surface area is 127 Å². The number of rotatable bonds is 3. The lowest BCUT2D eigenvalue weighted by molar-refractivity contribution is 0.243. The van der Waals surface area contributed by atoms with E-state index in [9.17, 15) is 0 Å². The van der Waals surface area contributed by atoms with Crippen LogP contribution in [-0.4, -0.2) is 26.3 Å². The predicted octanol–water partition coefficient (Wildman–Crippen LogP) is 3.89. The molecule has 0 aliphatic heterocycles. The third-order valence-electron chi connectivity index (χ3n) is 3.52. The van der Waals surface area contributed by atoms with Gasteiger partial charge in [0.05, 0.1) is 22.7 Å². The van der Waals surface area contributed by atoms with Crippen molar-refractivity contribution in [2.24, 2.45) is 0 Å². The SMILES string of the molecule is CC(C)Oc1ccc2[nH]nc(-c3nc4ccccc4[nH]3)c2c1. The molecule has 0 amide bonds. The van der Waals surface area contributed by atoms with E-state index in [1.54, 1.807) is 0 Å². The molecule has 2 aromatic carbocycles. The lowest BCUT2D eigenvalue weighted by Crippen LogP contribution is -2.05. The highest BCUT2D eigenvalue weighted by atomic mass is 16.5. The van der Waals surface area contributed by atoms with Gasteiger partial charge in [0.25, 0.3) is 0 Å². The van der Waals surface area contributed by atoms with Gasteiger partial charge in [-0.2, -0.15) is 5.10 Å². The Morgan fingerprint density at radius 3 is 2.73 bits per heavy atom. The fourth-order valence-electron chi connectivity index (χ4n) is 2.58. The number of benzene rings is 2. The molecule has 5 nitrogen and oxygen atoms in total. The Bertz CT molecular complexity index is 919. The van der Waals surface area contributed by atoms with Crippen LogP contribution in [0.15, 0.2) is 42.5 Å². The number of aromatic nitrogens is 4. The minimum Gasteiger partial charge on any atom is -0.491 e. The number of hydrogen-bond acceptors (Lipinski definition) is 3. The molecule has 0 saturated heterocycles. The van der Waals surface area contributed by atoms with Crippen molar-refractivity contribution in [3.63, 3.8) is 0 Å². The van der Waals surface area contributed by atoms with Gasteiger partial charge in [-0.3, -0.25) is 5.10 Å². The monoisotopic (exact) mass is 292 g/mol. The molecule has 0 atom stereocenters. The molecule has 2 N–H and O–H groups in total. The Morgan fingerprint density at radius 1 is 1.05 bits per heavy atom. The maximum Gasteiger partial charge on any atom is 0.159 e. The average Bonchev–Trinajstić information content (AvgIpc) is 3.09. The molecule has 110 valence electrons. The summed E-state index contributed by atoms with van der Waals surface area (Å²) in [4.78, 5) is 7.93. The van der Waals surface area contributed by atoms with Crippen LogP contribution in [0.1, 0.15) is 13.8 Å². The molecule has 4 aromatic rings. The number of fused-ring (bicyclic) bond motifs is 2. The first kappa shape index (κ1) is 12.9. The first-order chi connectivity index (χ1) is 10.7. The van der Waals surface area contributed by atoms with E-state index >= 15 is 0 Å². The maximum absolute atomic E-state index is 5.77. The summed E-state index contributed by atoms with van der Waals surface area (Å²) in [5.74, 6) is 1.59. The zero-order chi connectivity index (χ0) is 15.1. The van der Waals surface area contributed by atoms with E-state index in [1.807, 2.05) is 56.3 Å². The summed E-state index contributed by atoms with van der Waals surface area (Å²) < 4.78 is 5.77. The molecule has 2 aromatic heterocycles. The third kappa shape index (κ3) is 2.11. The van der Waals surface area contributed by atoms with Crippen LogP contribution in [0.2, 0.25) is 0 Å². The average molecular weight is 292 g/mol. The van der Waals surface area contributed by atoms with Crippen LogP contribution >= 0.6 is 0 Å². The van der Waals surface area contributed by atoms with Gasteiger partial charge in [0.2, 0.25) is 0 Å². The summed E-state index contributed by atoms with van der Waals surface area (Å²) >= 11 is 0. The molecule has 22 heavy (non-hydrogen) atoms. The van der Waals surface area contributed by atoms with Gasteiger partial charge in [0, 0.05) is 5.39 Å². The molecule has 0 bridgehead atoms. The third-order valence-corrected chi connectivity index (χ3v) is 3.52. The van der Waals surface area contributed by atoms with E-state index in [0.717, 1.165) is 39.2 Å². The number of nitrogens with one attached hydrogen (secondary N) is 2. The first-order valence-electron chi connectivity index (χ1n) is 7.30. The Morgan fingerprint density at radius 2 is 1.91 bits per heavy atom. The Kier molecular flexibility index (Phi) is 2.85. The standard InChI is InChI=1S/C17H16N4O/c1-10(2)22-11-7-8-13-12(9-11)16(21-20-13)17-18-14-5-3-4-6-15(14)19-17/h3-10H,1-2H3,(H,18,19)(H,20,21). The maximum atomic E-state index is 5.77. The quantitative estimate of drug-likeness (QED) is 0.602. The van der Waals surface area contributed by atoms with Crippen molar-refractivity contribution in [1.29, 1.82) is 0 Å². The molecule has 0 saturated carbocycles. The van der Waals surface area contributed by atoms with Crippen molar-refractivity contribution in [3.8, 4) is 17.3 Å². The lowest BCUT2D eigenvalue weighted by Gasteiger charge is -2.09. The zero-order valence-electron chi connectivity index (χ0n) is 12.4. The van der Waals surface area contributed by atoms with Crippen LogP contribution in [-0.2, 0) is 0 Å². The Balaban J connectivity index is 1.86. The van der Waals surface area contributed by atoms with Gasteiger partial charge in [-0.1, -0.05) is 12.1 Å². The molecule has 0 spiro atoms. The second kappa shape index (κ2) is 4.87. The van der Waals surface area contributed by atoms with Crippen LogP contribution < -0.4 is 4.74 Å². The number of hydrogen-bond donors (Lipinski definition) is 2. The molecule has 0 fully saturated rings. The van der Waals surface area contributed by atoms with E-state index in [0.29, 0.717) is 0 Å². The van der Waals surface area contributed by atoms with Gasteiger partial charge in [-0.25, -0.2) is 4.98 Å². The molecule has 5 heteroatoms. The normalized spacial score (nSPS) is 11.6. The summed E-state index contributed by atoms with van der Waals surface area (Å²) in [5.41, 5.74) is 3.71. The molecule has 2 heterocycles. The highest BCUT2D eigenvalue weighted by Gasteiger charge is 2.13. The molecule has 0 radical (unpaired) electrons. The second-order valence-electron chi connectivity index (χ2n) is 5.55. The van der Waals surface area contributed by atoms with E-state index in [4.69, 9.17) is 4.74 Å². The van der Waals surface area contributed by atoms with Gasteiger partial charge < -0.3 is 9.72 Å². The number of aromatic amines is 2. The van der Waals surface area contributed by atoms with Crippen LogP contribution in [0.25, 0.3) is 33.5 Å². The fraction of sp³-hybridized carbons (Fsp3) is 0.176. The highest BCUT2D eigenvalue weighted by molar-refractivity contribution is 5.93. The molecule has 0 unspecified atom stereocenters. The number of nitrogens with zero attached hydrogens (tertiary/aromatic N) is 2. The number of para-hydroxylation sites is 2. The molecular formula is C17H16N4O. The smallest absolute Gasteiger partial charge is 0.159 e. The van der Waals surface area contributed by atoms with Crippen molar-refractivity contribution in [2.75, 3.05) is 0 Å². The predicted molar refractivity (Wildman–Crippen MR) is 86.9 cm³/mol. The van der Waals surface area contributed by atoms with Crippen LogP contribution in [0.5, 0.6) is 5.75 Å². The highest BCUT2D eigenvalue weighted by Crippen LogP contribution is 2.29. The van der Waals surface area contributed by atoms with Crippen LogP contribution in [0.3, 0.4) is 0 Å². The largest absolute Gasteiger partial charge is 0.491 e. The van der Waals surface area contributed by atoms with Gasteiger partial charge in [0.15, 0.2) is 5.82 Å². The van der Waals surface area contributed by atoms with Crippen LogP contribution in [0, 0.1) is 0 Å². The Hall–Kier alpha value is -2.82. The summed E-state index contributed by atoms with van der Waals surface area (Å²) in [6.45, 7) is 4.03. The number of H-pyrrole nitrogens is 2. The lowest BCUT2D eigenvalue weighted by atomic mass is 10.2. The number of imidazole rings is 1. The van der Waals surface area contributed by atoms with Crippen molar-refractivity contribution in [2.45, 2.75) is 20.0 Å². The zero-order valence-corrected chi connectivity index (χ0v) is 12.4. The molecule has 0 aliphatic rings. The van der Waals surface area contributed by atoms with Crippen molar-refractivity contribution < 1.29 is 4.74 Å². The topological polar surface area (TPSA) is 66.6 Å². The molecule has 0 aliphatic carbocycles. The van der Waals surface area contributed by atoms with Crippen molar-refractivity contribution in [3.05, 3.63) is 42.5 Å². The fourth-order valence-corrected chi connectivity index (χ4v) is 2.58. The molecule has 4 rings (SSSR count). The summed E-state index contributed by atoms with van der Waals surface area (Å²) in [7, 11) is 0. The summed E-state index contributed by atoms with van der Waals surface area (Å²) in [6.07, 6.45) is 0.138. The summed E-state index contributed by atoms with van der Waals surface area (Å²) in [5, 5.41) is 8.45. The van der Waals surface area contributed by atoms with Crippen molar-refractivity contribution >= 4 is 21.9 Å². The van der Waals surface area contributed by atoms with Crippen LogP contribution in [0.4, 0.5) is 0 Å². The van der Waals surface area contributed by atoms with Gasteiger partial charge in [0.1, 0.15) is 11.4 Å². The minimum atomic E-state index is 0.138. The molecular weight excluding hydrogens is 276 g/mol. The first-order valence-corrected chi connectivity index (χ1v) is 7.30. The van der Waals surface area contributed by atoms with E-state index in [2.05, 4.69) is 20.2 Å². The van der Waals surface area contributed by atoms with Crippen molar-refractivity contribution in [1.82, 2.24) is 20.2 Å². The van der Waals surface area contributed by atoms with E-state index < -0.39 is 0 Å². The van der Waals surface area contributed by atoms with E-state index in [1.165, 1.54) is 0 Å². The minimum absolute atomic E-state index is 0.138. The second-order valence-corrected chi connectivity index (χ2v) is 5.55. The number of ether oxygens (including phenoxy) is 1. The van der Waals surface area contributed by atoms with Gasteiger partial charge in [-0.15, -0.1) is 0 Å². The van der Waals surface area contributed by atoms with E-state index in [-0.39, 0.29) is 6.10 Å². The van der Waals surface area contributed by atoms with Gasteiger partial charge in [-0.05, 0) is 44.2 Å². The summed E-state index contributed by atoms with van der Waals surface area (Å²) in [6, 6.07) is 13.9. The van der Waals surface area contributed by atoms with Gasteiger partial charge >= 0.3 is 0 Å².